The van der Waals surface area contributed by atoms with E-state index in [2.05, 4.69) is 27.1 Å². The highest BCUT2D eigenvalue weighted by atomic mass is 19.2. The van der Waals surface area contributed by atoms with Crippen LogP contribution in [0.1, 0.15) is 25.7 Å². The van der Waals surface area contributed by atoms with E-state index in [9.17, 15) is 17.6 Å². The number of likely N-dealkylation sites (tertiary alicyclic amines) is 2. The average Bonchev–Trinajstić information content (AvgIpc) is 2.58. The number of nitrogens with one attached hydrogen (secondary N) is 1. The van der Waals surface area contributed by atoms with Crippen LogP contribution in [-0.4, -0.2) is 60.1 Å². The lowest BCUT2D eigenvalue weighted by Gasteiger charge is -2.41. The smallest absolute Gasteiger partial charge is 0.253 e. The van der Waals surface area contributed by atoms with Crippen LogP contribution in [0.3, 0.4) is 0 Å². The van der Waals surface area contributed by atoms with Gasteiger partial charge in [-0.05, 0) is 45.8 Å². The molecule has 3 heterocycles. The van der Waals surface area contributed by atoms with Crippen LogP contribution >= 0.6 is 0 Å². The Morgan fingerprint density at radius 2 is 1.42 bits per heavy atom. The molecule has 2 saturated heterocycles. The molecule has 1 N–H and O–H groups in total. The highest BCUT2D eigenvalue weighted by Gasteiger charge is 2.29. The number of aromatic nitrogens is 1. The van der Waals surface area contributed by atoms with Gasteiger partial charge in [0.15, 0.2) is 0 Å². The second-order valence-corrected chi connectivity index (χ2v) is 6.69. The summed E-state index contributed by atoms with van der Waals surface area (Å²) in [5, 5.41) is 2.62. The Bertz CT molecular complexity index is 556. The van der Waals surface area contributed by atoms with E-state index in [4.69, 9.17) is 0 Å². The summed E-state index contributed by atoms with van der Waals surface area (Å²) in [7, 11) is 2.11. The zero-order chi connectivity index (χ0) is 17.3. The van der Waals surface area contributed by atoms with Crippen LogP contribution in [0.25, 0.3) is 0 Å². The number of pyridine rings is 1. The van der Waals surface area contributed by atoms with Crippen LogP contribution in [0.4, 0.5) is 23.2 Å². The first-order chi connectivity index (χ1) is 11.5. The minimum absolute atomic E-state index is 0.210. The van der Waals surface area contributed by atoms with E-state index in [0.717, 1.165) is 39.0 Å². The zero-order valence-electron chi connectivity index (χ0n) is 13.7. The van der Waals surface area contributed by atoms with Gasteiger partial charge in [0.05, 0.1) is 0 Å². The molecule has 8 heteroatoms. The van der Waals surface area contributed by atoms with E-state index in [0.29, 0.717) is 18.9 Å². The molecule has 0 radical (unpaired) electrons. The summed E-state index contributed by atoms with van der Waals surface area (Å²) in [5.41, 5.74) is -0.752. The quantitative estimate of drug-likeness (QED) is 0.673. The molecule has 2 fully saturated rings. The molecule has 2 aliphatic rings. The molecule has 0 aromatic carbocycles. The third-order valence-electron chi connectivity index (χ3n) is 5.08. The summed E-state index contributed by atoms with van der Waals surface area (Å²) in [6, 6.07) is 0.337. The highest BCUT2D eigenvalue weighted by Crippen LogP contribution is 2.26. The van der Waals surface area contributed by atoms with Gasteiger partial charge in [0.2, 0.25) is 11.6 Å². The maximum atomic E-state index is 13.7. The summed E-state index contributed by atoms with van der Waals surface area (Å²) in [4.78, 5) is 7.29. The zero-order valence-corrected chi connectivity index (χ0v) is 13.7. The van der Waals surface area contributed by atoms with Crippen molar-refractivity contribution in [3.05, 3.63) is 23.5 Å². The molecule has 0 atom stereocenters. The molecule has 1 aromatic rings. The number of hydrogen-bond acceptors (Lipinski definition) is 4. The van der Waals surface area contributed by atoms with Crippen molar-refractivity contribution in [1.82, 2.24) is 14.8 Å². The molecule has 24 heavy (non-hydrogen) atoms. The van der Waals surface area contributed by atoms with Crippen LogP contribution in [0, 0.1) is 23.5 Å². The van der Waals surface area contributed by atoms with E-state index in [-0.39, 0.29) is 6.04 Å². The Kier molecular flexibility index (Phi) is 5.24. The number of piperidine rings is 2. The molecule has 0 bridgehead atoms. The van der Waals surface area contributed by atoms with Crippen molar-refractivity contribution in [2.24, 2.45) is 0 Å². The molecular formula is C16H22F4N4. The van der Waals surface area contributed by atoms with Crippen LogP contribution in [0.2, 0.25) is 0 Å². The third-order valence-corrected chi connectivity index (χ3v) is 5.08. The first-order valence-electron chi connectivity index (χ1n) is 8.35. The number of rotatable bonds is 3. The van der Waals surface area contributed by atoms with Crippen molar-refractivity contribution in [2.75, 3.05) is 38.5 Å². The average molecular weight is 346 g/mol. The largest absolute Gasteiger partial charge is 0.377 e. The summed E-state index contributed by atoms with van der Waals surface area (Å²) < 4.78 is 53.7. The molecule has 1 aromatic heterocycles. The lowest BCUT2D eigenvalue weighted by Crippen LogP contribution is -2.48. The van der Waals surface area contributed by atoms with Gasteiger partial charge < -0.3 is 15.1 Å². The lowest BCUT2D eigenvalue weighted by molar-refractivity contribution is 0.0993. The van der Waals surface area contributed by atoms with Gasteiger partial charge in [-0.15, -0.1) is 0 Å². The SMILES string of the molecule is CN1CCC(N2CCC(Nc3c(F)c(F)nc(F)c3F)CC2)CC1. The monoisotopic (exact) mass is 346 g/mol. The van der Waals surface area contributed by atoms with E-state index in [1.54, 1.807) is 0 Å². The summed E-state index contributed by atoms with van der Waals surface area (Å²) >= 11 is 0. The lowest BCUT2D eigenvalue weighted by atomic mass is 9.98. The molecule has 0 unspecified atom stereocenters. The van der Waals surface area contributed by atoms with Gasteiger partial charge in [0.25, 0.3) is 11.9 Å². The van der Waals surface area contributed by atoms with E-state index in [1.165, 1.54) is 0 Å². The number of halogens is 4. The van der Waals surface area contributed by atoms with Crippen molar-refractivity contribution >= 4 is 5.69 Å². The van der Waals surface area contributed by atoms with Crippen LogP contribution in [0.15, 0.2) is 0 Å². The van der Waals surface area contributed by atoms with E-state index in [1.807, 2.05) is 0 Å². The maximum Gasteiger partial charge on any atom is 0.253 e. The molecule has 4 nitrogen and oxygen atoms in total. The minimum atomic E-state index is -1.62. The number of anilines is 1. The fraction of sp³-hybridized carbons (Fsp3) is 0.688. The Hall–Kier alpha value is -1.41. The van der Waals surface area contributed by atoms with Crippen LogP contribution in [-0.2, 0) is 0 Å². The standard InChI is InChI=1S/C16H22F4N4/c1-23-6-4-11(5-7-23)24-8-2-10(3-9-24)21-14-12(17)15(19)22-16(20)13(14)18/h10-11H,2-9H2,1H3,(H,21,22). The summed E-state index contributed by atoms with van der Waals surface area (Å²) in [6.07, 6.45) is 3.60. The first-order valence-corrected chi connectivity index (χ1v) is 8.35. The fourth-order valence-corrected chi connectivity index (χ4v) is 3.59. The Labute approximate surface area is 138 Å². The maximum absolute atomic E-state index is 13.7. The fourth-order valence-electron chi connectivity index (χ4n) is 3.59. The van der Waals surface area contributed by atoms with Gasteiger partial charge in [-0.25, -0.2) is 0 Å². The molecule has 0 spiro atoms. The Balaban J connectivity index is 1.58. The normalized spacial score (nSPS) is 22.0. The molecule has 0 saturated carbocycles. The summed E-state index contributed by atoms with van der Waals surface area (Å²) in [6.45, 7) is 3.78. The predicted octanol–water partition coefficient (Wildman–Crippen LogP) is 2.61. The summed E-state index contributed by atoms with van der Waals surface area (Å²) in [5.74, 6) is -6.18. The second kappa shape index (κ2) is 7.23. The van der Waals surface area contributed by atoms with Crippen molar-refractivity contribution in [3.63, 3.8) is 0 Å². The topological polar surface area (TPSA) is 31.4 Å². The molecule has 0 aliphatic carbocycles. The molecule has 134 valence electrons. The van der Waals surface area contributed by atoms with Crippen molar-refractivity contribution in [3.8, 4) is 0 Å². The first kappa shape index (κ1) is 17.4. The van der Waals surface area contributed by atoms with Gasteiger partial charge in [-0.3, -0.25) is 0 Å². The Morgan fingerprint density at radius 1 is 0.875 bits per heavy atom. The van der Waals surface area contributed by atoms with E-state index < -0.39 is 29.2 Å². The van der Waals surface area contributed by atoms with Crippen molar-refractivity contribution in [1.29, 1.82) is 0 Å². The van der Waals surface area contributed by atoms with Gasteiger partial charge in [0.1, 0.15) is 5.69 Å². The molecule has 2 aliphatic heterocycles. The van der Waals surface area contributed by atoms with Crippen molar-refractivity contribution < 1.29 is 17.6 Å². The van der Waals surface area contributed by atoms with Crippen molar-refractivity contribution in [2.45, 2.75) is 37.8 Å². The Morgan fingerprint density at radius 3 is 1.96 bits per heavy atom. The predicted molar refractivity (Wildman–Crippen MR) is 82.8 cm³/mol. The molecule has 0 amide bonds. The minimum Gasteiger partial charge on any atom is -0.377 e. The van der Waals surface area contributed by atoms with E-state index >= 15 is 0 Å². The second-order valence-electron chi connectivity index (χ2n) is 6.69. The van der Waals surface area contributed by atoms with Gasteiger partial charge in [-0.2, -0.15) is 22.5 Å². The van der Waals surface area contributed by atoms with Gasteiger partial charge >= 0.3 is 0 Å². The van der Waals surface area contributed by atoms with Crippen LogP contribution < -0.4 is 5.32 Å². The molecule has 3 rings (SSSR count). The van der Waals surface area contributed by atoms with Crippen LogP contribution in [0.5, 0.6) is 0 Å². The third kappa shape index (κ3) is 3.64. The number of hydrogen-bond donors (Lipinski definition) is 1. The van der Waals surface area contributed by atoms with Gasteiger partial charge in [-0.1, -0.05) is 0 Å². The molecular weight excluding hydrogens is 324 g/mol. The number of nitrogens with zero attached hydrogens (tertiary/aromatic N) is 3. The highest BCUT2D eigenvalue weighted by molar-refractivity contribution is 5.46. The van der Waals surface area contributed by atoms with Gasteiger partial charge in [0, 0.05) is 25.2 Å².